The van der Waals surface area contributed by atoms with Crippen molar-refractivity contribution in [2.24, 2.45) is 0 Å². The summed E-state index contributed by atoms with van der Waals surface area (Å²) in [5.74, 6) is -0.839. The van der Waals surface area contributed by atoms with Crippen LogP contribution < -0.4 is 19.5 Å². The van der Waals surface area contributed by atoms with E-state index in [1.165, 1.54) is 4.90 Å². The van der Waals surface area contributed by atoms with Crippen molar-refractivity contribution in [2.45, 2.75) is 76.9 Å². The summed E-state index contributed by atoms with van der Waals surface area (Å²) in [4.78, 5) is 60.1. The van der Waals surface area contributed by atoms with Crippen molar-refractivity contribution >= 4 is 47.1 Å². The number of hydrogen-bond acceptors (Lipinski definition) is 8. The van der Waals surface area contributed by atoms with Crippen LogP contribution in [-0.4, -0.2) is 80.2 Å². The molecule has 8 rings (SSSR count). The van der Waals surface area contributed by atoms with E-state index in [0.29, 0.717) is 57.9 Å². The average molecular weight is 880 g/mol. The highest BCUT2D eigenvalue weighted by atomic mass is 35.5. The summed E-state index contributed by atoms with van der Waals surface area (Å²) in [6.45, 7) is 4.61. The van der Waals surface area contributed by atoms with Gasteiger partial charge in [-0.15, -0.1) is 0 Å². The van der Waals surface area contributed by atoms with Crippen LogP contribution in [0.15, 0.2) is 91.1 Å². The number of aryl methyl sites for hydroxylation is 1. The number of rotatable bonds is 11. The molecule has 0 spiro atoms. The van der Waals surface area contributed by atoms with Gasteiger partial charge < -0.3 is 34.6 Å². The minimum absolute atomic E-state index is 0.00326. The number of pyridine rings is 1. The minimum Gasteiger partial charge on any atom is -0.489 e. The van der Waals surface area contributed by atoms with Gasteiger partial charge in [-0.1, -0.05) is 65.7 Å². The number of ether oxygens (including phenoxy) is 3. The van der Waals surface area contributed by atoms with Crippen LogP contribution in [0.3, 0.4) is 0 Å². The first-order chi connectivity index (χ1) is 29.8. The number of fused-ring (bicyclic) bond motifs is 2. The van der Waals surface area contributed by atoms with Crippen LogP contribution in [0.2, 0.25) is 10.0 Å². The molecule has 1 fully saturated rings. The molecule has 0 unspecified atom stereocenters. The first kappa shape index (κ1) is 42.4. The Morgan fingerprint density at radius 3 is 2.34 bits per heavy atom. The summed E-state index contributed by atoms with van der Waals surface area (Å²) in [5.41, 5.74) is 7.77. The van der Waals surface area contributed by atoms with Gasteiger partial charge >= 0.3 is 12.1 Å². The van der Waals surface area contributed by atoms with Gasteiger partial charge in [0.25, 0.3) is 0 Å². The number of aliphatic carboxylic acids is 1. The van der Waals surface area contributed by atoms with E-state index in [2.05, 4.69) is 10.3 Å². The Balaban J connectivity index is 0.993. The molecule has 3 aliphatic heterocycles. The second-order valence-corrected chi connectivity index (χ2v) is 16.6. The standard InChI is InChI=1S/C47H44Cl2N4O9/c1-26-27(2)50-16-15-35(26)30-8-5-28(6-9-30)19-38(46(56)57)51-44(54)40-20-32-21-41-42(22-33(32)23-53(40)45(55)39-4-3-17-52(39)47(58)59)62-43(25-61-41)31-10-12-34(13-11-31)60-24-29-7-14-36(48)37(49)18-29/h5-16,18,21-22,38-40,43H,3-4,17,19-20,23-25H2,1-2H3,(H,51,54)(H,56,57)(H,58,59)/t38-,39-,40-,43+/m0/s1. The zero-order chi connectivity index (χ0) is 43.7. The van der Waals surface area contributed by atoms with Crippen molar-refractivity contribution in [3.05, 3.63) is 140 Å². The predicted molar refractivity (Wildman–Crippen MR) is 231 cm³/mol. The second kappa shape index (κ2) is 18.0. The van der Waals surface area contributed by atoms with Gasteiger partial charge in [0.15, 0.2) is 17.6 Å². The smallest absolute Gasteiger partial charge is 0.407 e. The highest BCUT2D eigenvalue weighted by Gasteiger charge is 2.43. The predicted octanol–water partition coefficient (Wildman–Crippen LogP) is 7.97. The number of carbonyl (C=O) groups excluding carboxylic acids is 2. The van der Waals surface area contributed by atoms with Crippen LogP contribution in [0, 0.1) is 13.8 Å². The largest absolute Gasteiger partial charge is 0.489 e. The molecule has 0 saturated carbocycles. The SMILES string of the molecule is Cc1nccc(-c2ccc(C[C@H](NC(=O)[C@@H]3Cc4cc5c(cc4CN3C(=O)[C@@H]3CCCN3C(=O)O)O[C@@H](c3ccc(OCc4ccc(Cl)c(Cl)c4)cc3)CO5)C(=O)O)cc2)c1C. The Hall–Kier alpha value is -6.31. The van der Waals surface area contributed by atoms with Crippen molar-refractivity contribution in [2.75, 3.05) is 13.2 Å². The second-order valence-electron chi connectivity index (χ2n) is 15.8. The number of carbonyl (C=O) groups is 4. The third-order valence-corrected chi connectivity index (χ3v) is 12.6. The van der Waals surface area contributed by atoms with Gasteiger partial charge in [0.1, 0.15) is 37.1 Å². The van der Waals surface area contributed by atoms with Gasteiger partial charge in [0.2, 0.25) is 11.8 Å². The molecular weight excluding hydrogens is 835 g/mol. The first-order valence-corrected chi connectivity index (χ1v) is 21.0. The van der Waals surface area contributed by atoms with Crippen LogP contribution in [-0.2, 0) is 40.4 Å². The van der Waals surface area contributed by atoms with Gasteiger partial charge in [-0.05, 0) is 114 Å². The molecule has 3 N–H and O–H groups in total. The van der Waals surface area contributed by atoms with Gasteiger partial charge in [0, 0.05) is 37.8 Å². The number of carboxylic acid groups (broad SMARTS) is 2. The molecule has 5 aromatic rings. The molecule has 62 heavy (non-hydrogen) atoms. The van der Waals surface area contributed by atoms with Crippen molar-refractivity contribution in [3.8, 4) is 28.4 Å². The Kier molecular flexibility index (Phi) is 12.3. The number of hydrogen-bond donors (Lipinski definition) is 3. The van der Waals surface area contributed by atoms with Crippen LogP contribution in [0.5, 0.6) is 17.2 Å². The monoisotopic (exact) mass is 878 g/mol. The lowest BCUT2D eigenvalue weighted by molar-refractivity contribution is -0.147. The molecule has 0 bridgehead atoms. The summed E-state index contributed by atoms with van der Waals surface area (Å²) in [6.07, 6.45) is 0.907. The fourth-order valence-electron chi connectivity index (χ4n) is 8.28. The molecule has 4 atom stereocenters. The first-order valence-electron chi connectivity index (χ1n) is 20.3. The zero-order valence-corrected chi connectivity index (χ0v) is 35.5. The molecule has 1 aromatic heterocycles. The fourth-order valence-corrected chi connectivity index (χ4v) is 8.60. The van der Waals surface area contributed by atoms with Gasteiger partial charge in [-0.25, -0.2) is 9.59 Å². The summed E-state index contributed by atoms with van der Waals surface area (Å²) in [7, 11) is 0. The third-order valence-electron chi connectivity index (χ3n) is 11.8. The van der Waals surface area contributed by atoms with Crippen LogP contribution >= 0.6 is 23.2 Å². The third kappa shape index (κ3) is 9.00. The molecule has 1 saturated heterocycles. The van der Waals surface area contributed by atoms with Gasteiger partial charge in [0.05, 0.1) is 10.0 Å². The molecule has 15 heteroatoms. The molecule has 320 valence electrons. The highest BCUT2D eigenvalue weighted by Crippen LogP contribution is 2.41. The quantitative estimate of drug-likeness (QED) is 0.118. The summed E-state index contributed by atoms with van der Waals surface area (Å²) >= 11 is 12.2. The maximum absolute atomic E-state index is 14.3. The maximum Gasteiger partial charge on any atom is 0.407 e. The van der Waals surface area contributed by atoms with E-state index in [1.807, 2.05) is 74.5 Å². The highest BCUT2D eigenvalue weighted by molar-refractivity contribution is 6.42. The minimum atomic E-state index is -1.31. The lowest BCUT2D eigenvalue weighted by Gasteiger charge is -2.39. The van der Waals surface area contributed by atoms with Crippen molar-refractivity contribution in [3.63, 3.8) is 0 Å². The van der Waals surface area contributed by atoms with Crippen molar-refractivity contribution in [1.82, 2.24) is 20.1 Å². The van der Waals surface area contributed by atoms with Gasteiger partial charge in [-0.2, -0.15) is 0 Å². The number of benzene rings is 4. The number of carboxylic acids is 1. The van der Waals surface area contributed by atoms with Crippen LogP contribution in [0.4, 0.5) is 4.79 Å². The normalized spacial score (nSPS) is 18.4. The Bertz CT molecular complexity index is 2530. The lowest BCUT2D eigenvalue weighted by atomic mass is 9.91. The van der Waals surface area contributed by atoms with Crippen molar-refractivity contribution < 1.29 is 43.6 Å². The molecule has 0 radical (unpaired) electrons. The Labute approximate surface area is 368 Å². The molecule has 4 heterocycles. The van der Waals surface area contributed by atoms with Crippen LogP contribution in [0.1, 0.15) is 58.0 Å². The number of aromatic nitrogens is 1. The average Bonchev–Trinajstić information content (AvgIpc) is 3.77. The molecule has 3 amide bonds. The van der Waals surface area contributed by atoms with E-state index in [1.54, 1.807) is 30.5 Å². The summed E-state index contributed by atoms with van der Waals surface area (Å²) in [5, 5.41) is 23.8. The van der Waals surface area contributed by atoms with E-state index in [0.717, 1.165) is 44.0 Å². The number of nitrogens with zero attached hydrogens (tertiary/aromatic N) is 3. The van der Waals surface area contributed by atoms with E-state index in [4.69, 9.17) is 37.4 Å². The number of likely N-dealkylation sites (tertiary alicyclic amines) is 1. The van der Waals surface area contributed by atoms with E-state index in [-0.39, 0.29) is 32.5 Å². The molecule has 0 aliphatic carbocycles. The maximum atomic E-state index is 14.3. The lowest BCUT2D eigenvalue weighted by Crippen LogP contribution is -2.59. The van der Waals surface area contributed by atoms with E-state index >= 15 is 0 Å². The van der Waals surface area contributed by atoms with E-state index in [9.17, 15) is 29.4 Å². The number of nitrogens with one attached hydrogen (secondary N) is 1. The summed E-state index contributed by atoms with van der Waals surface area (Å²) in [6, 6.07) is 22.4. The van der Waals surface area contributed by atoms with Crippen molar-refractivity contribution in [1.29, 1.82) is 0 Å². The molecule has 4 aromatic carbocycles. The molecular formula is C47H44Cl2N4O9. The topological polar surface area (TPSA) is 168 Å². The fraction of sp³-hybridized carbons (Fsp3) is 0.298. The van der Waals surface area contributed by atoms with Gasteiger partial charge in [-0.3, -0.25) is 19.5 Å². The molecule has 3 aliphatic rings. The number of amides is 3. The van der Waals surface area contributed by atoms with E-state index < -0.39 is 48.1 Å². The molecule has 13 nitrogen and oxygen atoms in total. The van der Waals surface area contributed by atoms with Crippen LogP contribution in [0.25, 0.3) is 11.1 Å². The number of halogens is 2. The summed E-state index contributed by atoms with van der Waals surface area (Å²) < 4.78 is 18.6. The zero-order valence-electron chi connectivity index (χ0n) is 34.0. The Morgan fingerprint density at radius 2 is 1.61 bits per heavy atom. The Morgan fingerprint density at radius 1 is 0.871 bits per heavy atom.